The smallest absolute Gasteiger partial charge is 0.338 e. The average molecular weight is 1130 g/mol. The Balaban J connectivity index is 0.000000196. The molecular formula is C60H74O21. The van der Waals surface area contributed by atoms with E-state index in [2.05, 4.69) is 0 Å². The molecule has 81 heavy (non-hydrogen) atoms. The highest BCUT2D eigenvalue weighted by atomic mass is 16.6. The Hall–Kier alpha value is -5.75. The van der Waals surface area contributed by atoms with Crippen molar-refractivity contribution in [1.82, 2.24) is 0 Å². The van der Waals surface area contributed by atoms with Crippen LogP contribution >= 0.6 is 0 Å². The Bertz CT molecular complexity index is 2990. The molecule has 8 aliphatic rings. The van der Waals surface area contributed by atoms with Gasteiger partial charge in [0, 0.05) is 57.3 Å². The van der Waals surface area contributed by atoms with E-state index >= 15 is 0 Å². The number of Topliss-reactive ketones (excluding diaryl/α,β-unsaturated/α-hetero) is 2. The largest absolute Gasteiger partial charge is 0.455 e. The van der Waals surface area contributed by atoms with Crippen LogP contribution in [-0.2, 0) is 57.1 Å². The molecule has 7 N–H and O–H groups in total. The van der Waals surface area contributed by atoms with Gasteiger partial charge in [0.05, 0.1) is 71.4 Å². The van der Waals surface area contributed by atoms with Crippen LogP contribution < -0.4 is 0 Å². The fraction of sp³-hybridized carbons (Fsp3) is 0.617. The van der Waals surface area contributed by atoms with E-state index in [0.717, 1.165) is 6.92 Å². The third-order valence-corrected chi connectivity index (χ3v) is 20.2. The SMILES string of the molecule is CC(=O)O[C@@]12CO[C@@H]1C[C@H](O)[C@@]1(C)C(=O)[C@H](O)C3=C(C)C(O)C[C@@](O)([C@@H](OC(=O)c4ccccc4)[C@H]21)C3(C)C.CC(=O)O[C@H]1C(=O)[C@@]2(C)[C@H]([C@H](OC(=O)c3ccccc3)[C@]3(O)CC(O)C(C)=C1C3(C)C)[C@]1(OC(C)=O)CO[C@@H]1C[C@@H]2O. The number of benzene rings is 2. The molecular weight excluding hydrogens is 1060 g/mol. The van der Waals surface area contributed by atoms with Gasteiger partial charge in [0.1, 0.15) is 41.7 Å². The molecule has 2 saturated heterocycles. The quantitative estimate of drug-likeness (QED) is 0.119. The van der Waals surface area contributed by atoms with Gasteiger partial charge in [-0.1, -0.05) is 64.1 Å². The summed E-state index contributed by atoms with van der Waals surface area (Å²) in [6, 6.07) is 16.1. The van der Waals surface area contributed by atoms with Gasteiger partial charge in [-0.05, 0) is 74.3 Å². The fourth-order valence-electron chi connectivity index (χ4n) is 15.6. The number of hydrogen-bond donors (Lipinski definition) is 7. The molecule has 2 aromatic rings. The lowest BCUT2D eigenvalue weighted by Gasteiger charge is -2.67. The topological polar surface area (TPSA) is 326 Å². The number of esters is 5. The summed E-state index contributed by atoms with van der Waals surface area (Å²) in [4.78, 5) is 93.7. The molecule has 2 heterocycles. The van der Waals surface area contributed by atoms with Gasteiger partial charge in [0.25, 0.3) is 0 Å². The summed E-state index contributed by atoms with van der Waals surface area (Å²) in [6.45, 7) is 15.7. The lowest BCUT2D eigenvalue weighted by atomic mass is 9.44. The number of aliphatic hydroxyl groups is 7. The number of fused-ring (bicyclic) bond motifs is 10. The molecule has 4 saturated carbocycles. The zero-order valence-corrected chi connectivity index (χ0v) is 47.3. The highest BCUT2D eigenvalue weighted by Gasteiger charge is 2.80. The van der Waals surface area contributed by atoms with E-state index in [9.17, 15) is 69.3 Å². The molecule has 0 radical (unpaired) electrons. The first-order valence-corrected chi connectivity index (χ1v) is 27.3. The molecule has 6 aliphatic carbocycles. The summed E-state index contributed by atoms with van der Waals surface area (Å²) in [5.41, 5.74) is -12.6. The molecule has 21 heteroatoms. The van der Waals surface area contributed by atoms with Gasteiger partial charge in [-0.25, -0.2) is 9.59 Å². The first-order chi connectivity index (χ1) is 37.6. The zero-order chi connectivity index (χ0) is 59.7. The van der Waals surface area contributed by atoms with Gasteiger partial charge in [-0.2, -0.15) is 0 Å². The standard InChI is InChI=1S/C31H38O11.C29H36O10/c1-15-19(34)13-31(38)26(41-27(37)18-10-8-7-9-11-18)24-29(6,20(35)12-21-30(24,14-39-21)42-17(3)33)25(36)23(40-16(2)32)22(15)28(31,4)5;1-14-17(31)12-29(36)24(38-25(35)16-9-7-6-8-10-16)22-27(5,23(34)21(33)20(14)26(29,3)4)18(32)11-19-28(22,13-37-19)39-15(2)30/h7-11,19-21,23-24,26,34-35,38H,12-14H2,1-6H3;6-10,17-19,21-22,24,31-33,36H,11-13H2,1-5H3/t19?,20-,21+,23+,24-,26-,29+,30-,31+;17?,18-,19+,21+,22-,24-,27+,28-,29+/m00/s1. The van der Waals surface area contributed by atoms with Crippen LogP contribution in [0.3, 0.4) is 0 Å². The predicted octanol–water partition coefficient (Wildman–Crippen LogP) is 2.73. The summed E-state index contributed by atoms with van der Waals surface area (Å²) < 4.78 is 41.2. The van der Waals surface area contributed by atoms with Crippen LogP contribution in [0.1, 0.15) is 123 Å². The first-order valence-electron chi connectivity index (χ1n) is 27.3. The molecule has 6 fully saturated rings. The summed E-state index contributed by atoms with van der Waals surface area (Å²) in [6.07, 6.45) is -14.5. The molecule has 18 atom stereocenters. The molecule has 0 aromatic heterocycles. The van der Waals surface area contributed by atoms with Crippen molar-refractivity contribution in [3.63, 3.8) is 0 Å². The summed E-state index contributed by atoms with van der Waals surface area (Å²) >= 11 is 0. The van der Waals surface area contributed by atoms with E-state index < -0.39 is 158 Å². The second-order valence-electron chi connectivity index (χ2n) is 25.0. The highest BCUT2D eigenvalue weighted by molar-refractivity contribution is 5.96. The van der Waals surface area contributed by atoms with Crippen molar-refractivity contribution in [2.24, 2.45) is 33.5 Å². The van der Waals surface area contributed by atoms with Crippen LogP contribution in [-0.4, -0.2) is 174 Å². The van der Waals surface area contributed by atoms with Crippen LogP contribution in [0.5, 0.6) is 0 Å². The third kappa shape index (κ3) is 8.60. The van der Waals surface area contributed by atoms with Gasteiger partial charge in [-0.15, -0.1) is 0 Å². The zero-order valence-electron chi connectivity index (χ0n) is 47.3. The monoisotopic (exact) mass is 1130 g/mol. The van der Waals surface area contributed by atoms with E-state index in [-0.39, 0.29) is 61.2 Å². The number of ether oxygens (including phenoxy) is 7. The van der Waals surface area contributed by atoms with Crippen LogP contribution in [0, 0.1) is 33.5 Å². The molecule has 2 unspecified atom stereocenters. The minimum atomic E-state index is -2.11. The van der Waals surface area contributed by atoms with Gasteiger partial charge < -0.3 is 68.9 Å². The predicted molar refractivity (Wildman–Crippen MR) is 280 cm³/mol. The number of aliphatic hydroxyl groups excluding tert-OH is 5. The average Bonchev–Trinajstić information content (AvgIpc) is 3.39. The molecule has 2 aliphatic heterocycles. The van der Waals surface area contributed by atoms with Gasteiger partial charge >= 0.3 is 29.8 Å². The molecule has 0 spiro atoms. The van der Waals surface area contributed by atoms with Crippen LogP contribution in [0.4, 0.5) is 0 Å². The fourth-order valence-corrected chi connectivity index (χ4v) is 15.6. The van der Waals surface area contributed by atoms with Crippen molar-refractivity contribution < 1.29 is 102 Å². The van der Waals surface area contributed by atoms with Crippen molar-refractivity contribution in [2.45, 2.75) is 185 Å². The number of carbonyl (C=O) groups excluding carboxylic acids is 7. The lowest BCUT2D eigenvalue weighted by molar-refractivity contribution is -0.345. The molecule has 4 bridgehead atoms. The second kappa shape index (κ2) is 20.3. The van der Waals surface area contributed by atoms with Crippen molar-refractivity contribution >= 4 is 41.4 Å². The number of ketones is 2. The van der Waals surface area contributed by atoms with Crippen molar-refractivity contribution in [1.29, 1.82) is 0 Å². The Morgan fingerprint density at radius 2 is 0.901 bits per heavy atom. The summed E-state index contributed by atoms with van der Waals surface area (Å²) in [5, 5.41) is 82.5. The summed E-state index contributed by atoms with van der Waals surface area (Å²) in [5.74, 6) is -8.02. The Labute approximate surface area is 468 Å². The Morgan fingerprint density at radius 3 is 1.26 bits per heavy atom. The molecule has 21 nitrogen and oxygen atoms in total. The maximum atomic E-state index is 14.8. The van der Waals surface area contributed by atoms with Crippen LogP contribution in [0.15, 0.2) is 83.0 Å². The Morgan fingerprint density at radius 1 is 0.531 bits per heavy atom. The van der Waals surface area contributed by atoms with Crippen molar-refractivity contribution in [3.05, 3.63) is 94.1 Å². The lowest BCUT2D eigenvalue weighted by Crippen LogP contribution is -2.81. The van der Waals surface area contributed by atoms with Crippen LogP contribution in [0.2, 0.25) is 0 Å². The Kier molecular flexibility index (Phi) is 15.0. The first kappa shape index (κ1) is 59.9. The number of rotatable bonds is 7. The third-order valence-electron chi connectivity index (χ3n) is 20.2. The summed E-state index contributed by atoms with van der Waals surface area (Å²) in [7, 11) is 0. The van der Waals surface area contributed by atoms with E-state index in [1.807, 2.05) is 0 Å². The molecule has 10 rings (SSSR count). The maximum Gasteiger partial charge on any atom is 0.338 e. The van der Waals surface area contributed by atoms with Crippen molar-refractivity contribution in [3.8, 4) is 0 Å². The molecule has 440 valence electrons. The second-order valence-corrected chi connectivity index (χ2v) is 25.0. The highest BCUT2D eigenvalue weighted by Crippen LogP contribution is 2.66. The van der Waals surface area contributed by atoms with Crippen LogP contribution in [0.25, 0.3) is 0 Å². The maximum absolute atomic E-state index is 14.8. The van der Waals surface area contributed by atoms with E-state index in [1.165, 1.54) is 52.0 Å². The van der Waals surface area contributed by atoms with E-state index in [4.69, 9.17) is 33.2 Å². The normalized spacial score (nSPS) is 41.5. The van der Waals surface area contributed by atoms with Gasteiger partial charge in [-0.3, -0.25) is 24.0 Å². The number of hydrogen-bond acceptors (Lipinski definition) is 21. The minimum absolute atomic E-state index is 0.0828. The molecule has 0 amide bonds. The van der Waals surface area contributed by atoms with Gasteiger partial charge in [0.15, 0.2) is 28.9 Å². The van der Waals surface area contributed by atoms with Crippen molar-refractivity contribution in [2.75, 3.05) is 13.2 Å². The number of carbonyl (C=O) groups is 7. The van der Waals surface area contributed by atoms with Gasteiger partial charge in [0.2, 0.25) is 0 Å². The van der Waals surface area contributed by atoms with E-state index in [0.29, 0.717) is 11.1 Å². The minimum Gasteiger partial charge on any atom is -0.455 e. The molecule has 2 aromatic carbocycles. The van der Waals surface area contributed by atoms with E-state index in [1.54, 1.807) is 77.9 Å².